The molecule has 2 nitrogen and oxygen atoms in total. The van der Waals surface area contributed by atoms with Gasteiger partial charge in [-0.15, -0.1) is 0 Å². The molecule has 1 aliphatic rings. The monoisotopic (exact) mass is 246 g/mol. The Bertz CT molecular complexity index is 151. The van der Waals surface area contributed by atoms with Gasteiger partial charge in [-0.1, -0.05) is 0 Å². The van der Waals surface area contributed by atoms with Crippen molar-refractivity contribution < 1.29 is 33.4 Å². The molecule has 0 aliphatic heterocycles. The van der Waals surface area contributed by atoms with Crippen LogP contribution in [0.4, 0.5) is 0 Å². The molecule has 0 bridgehead atoms. The van der Waals surface area contributed by atoms with E-state index in [0.717, 1.165) is 14.2 Å². The average molecular weight is 247 g/mol. The molecule has 0 fully saturated rings. The van der Waals surface area contributed by atoms with Crippen LogP contribution in [-0.4, -0.2) is 14.2 Å². The van der Waals surface area contributed by atoms with Crippen molar-refractivity contribution in [2.45, 2.75) is 18.0 Å². The summed E-state index contributed by atoms with van der Waals surface area (Å²) in [5.74, 6) is 0. The molecule has 12 heavy (non-hydrogen) atoms. The van der Waals surface area contributed by atoms with Crippen LogP contribution in [0.1, 0.15) is 13.3 Å². The van der Waals surface area contributed by atoms with Crippen LogP contribution in [0.3, 0.4) is 0 Å². The Hall–Kier alpha value is 0.283. The number of hydrogen-bond donors (Lipinski definition) is 0. The van der Waals surface area contributed by atoms with Crippen molar-refractivity contribution in [1.82, 2.24) is 0 Å². The van der Waals surface area contributed by atoms with Crippen molar-refractivity contribution in [3.8, 4) is 0 Å². The second kappa shape index (κ2) is 11.3. The molecule has 0 atom stereocenters. The van der Waals surface area contributed by atoms with Gasteiger partial charge >= 0.3 is 62.2 Å². The summed E-state index contributed by atoms with van der Waals surface area (Å²) in [4.78, 5) is 0. The quantitative estimate of drug-likeness (QED) is 0.669. The summed E-state index contributed by atoms with van der Waals surface area (Å²) in [7, 11) is 1.50. The van der Waals surface area contributed by atoms with E-state index < -0.39 is 0 Å². The van der Waals surface area contributed by atoms with Gasteiger partial charge in [0.1, 0.15) is 0 Å². The molecule has 0 aromatic rings. The third-order valence-electron chi connectivity index (χ3n) is 1.47. The zero-order chi connectivity index (χ0) is 9.98. The summed E-state index contributed by atoms with van der Waals surface area (Å²) in [6, 6.07) is 0. The van der Waals surface area contributed by atoms with E-state index in [1.807, 2.05) is 0 Å². The Morgan fingerprint density at radius 1 is 1.25 bits per heavy atom. The standard InChI is InChI=1S/C6H7.2CH3O.CH3.Zr/c1-6-4-2-3-5-6;2*1-2;;/h2,4H,3H2,1H3;2*1H3;1H3;/q;2*-1;;+2. The van der Waals surface area contributed by atoms with Gasteiger partial charge in [-0.05, 0) is 0 Å². The van der Waals surface area contributed by atoms with Crippen LogP contribution in [0.15, 0.2) is 21.0 Å². The molecule has 0 aromatic carbocycles. The fraction of sp³-hybridized carbons (Fsp3) is 0.556. The van der Waals surface area contributed by atoms with Crippen molar-refractivity contribution in [2.24, 2.45) is 0 Å². The first kappa shape index (κ1) is 14.8. The minimum atomic E-state index is -0.0775. The van der Waals surface area contributed by atoms with Crippen LogP contribution in [0.2, 0.25) is 4.63 Å². The van der Waals surface area contributed by atoms with E-state index >= 15 is 0 Å². The molecule has 0 spiro atoms. The number of hydrogen-bond acceptors (Lipinski definition) is 2. The van der Waals surface area contributed by atoms with Crippen molar-refractivity contribution >= 4 is 0 Å². The minimum absolute atomic E-state index is 0.0775. The van der Waals surface area contributed by atoms with E-state index in [1.54, 1.807) is 8.85 Å². The van der Waals surface area contributed by atoms with Gasteiger partial charge in [-0.25, -0.2) is 0 Å². The van der Waals surface area contributed by atoms with E-state index in [9.17, 15) is 0 Å². The molecule has 0 saturated heterocycles. The molecule has 0 amide bonds. The third kappa shape index (κ3) is 5.87. The van der Waals surface area contributed by atoms with E-state index in [4.69, 9.17) is 10.2 Å². The van der Waals surface area contributed by atoms with E-state index in [1.165, 1.54) is 6.42 Å². The summed E-state index contributed by atoms with van der Waals surface area (Å²) in [5.41, 5.74) is 1.55. The predicted octanol–water partition coefficient (Wildman–Crippen LogP) is 0.304. The van der Waals surface area contributed by atoms with Gasteiger partial charge in [-0.2, -0.15) is 14.2 Å². The zero-order valence-corrected chi connectivity index (χ0v) is 10.6. The SMILES string of the molecule is C[O-].C[O-].[CH3][Zr+2][C]1=C(C)C=CC1. The molecular formula is C9H16O2Zr. The average Bonchev–Trinajstić information content (AvgIpc) is 2.58. The number of allylic oxidation sites excluding steroid dienone is 4. The molecule has 0 unspecified atom stereocenters. The van der Waals surface area contributed by atoms with E-state index in [2.05, 4.69) is 23.7 Å². The van der Waals surface area contributed by atoms with Crippen LogP contribution in [-0.2, 0) is 23.2 Å². The Balaban J connectivity index is 0. The Kier molecular flexibility index (Phi) is 13.9. The molecule has 0 heterocycles. The molecule has 1 rings (SSSR count). The third-order valence-corrected chi connectivity index (χ3v) is 4.42. The summed E-state index contributed by atoms with van der Waals surface area (Å²) in [5, 5.41) is 16.5. The summed E-state index contributed by atoms with van der Waals surface area (Å²) < 4.78 is 4.16. The van der Waals surface area contributed by atoms with Crippen molar-refractivity contribution in [1.29, 1.82) is 0 Å². The maximum atomic E-state index is 8.25. The summed E-state index contributed by atoms with van der Waals surface area (Å²) in [6.07, 6.45) is 5.79. The van der Waals surface area contributed by atoms with Crippen LogP contribution in [0, 0.1) is 0 Å². The van der Waals surface area contributed by atoms with Crippen molar-refractivity contribution in [3.05, 3.63) is 21.0 Å². The van der Waals surface area contributed by atoms with Crippen LogP contribution < -0.4 is 10.2 Å². The molecule has 0 N–H and O–H groups in total. The van der Waals surface area contributed by atoms with Gasteiger partial charge in [0.2, 0.25) is 0 Å². The van der Waals surface area contributed by atoms with Gasteiger partial charge in [0.15, 0.2) is 0 Å². The fourth-order valence-electron chi connectivity index (χ4n) is 0.914. The topological polar surface area (TPSA) is 46.1 Å². The van der Waals surface area contributed by atoms with Gasteiger partial charge in [0, 0.05) is 0 Å². The molecule has 0 radical (unpaired) electrons. The van der Waals surface area contributed by atoms with Crippen LogP contribution in [0.25, 0.3) is 0 Å². The summed E-state index contributed by atoms with van der Waals surface area (Å²) >= 11 is -0.0775. The van der Waals surface area contributed by atoms with Crippen molar-refractivity contribution in [3.63, 3.8) is 0 Å². The normalized spacial score (nSPS) is 12.5. The zero-order valence-electron chi connectivity index (χ0n) is 8.18. The first-order valence-electron chi connectivity index (χ1n) is 3.70. The first-order valence-corrected chi connectivity index (χ1v) is 7.39. The maximum absolute atomic E-state index is 8.25. The molecule has 0 saturated carbocycles. The molecular weight excluding hydrogens is 231 g/mol. The first-order chi connectivity index (χ1) is 5.84. The second-order valence-corrected chi connectivity index (χ2v) is 4.73. The molecule has 68 valence electrons. The van der Waals surface area contributed by atoms with Crippen LogP contribution in [0.5, 0.6) is 0 Å². The Labute approximate surface area is 86.6 Å². The van der Waals surface area contributed by atoms with Gasteiger partial charge in [0.05, 0.1) is 0 Å². The molecule has 0 aromatic heterocycles. The summed E-state index contributed by atoms with van der Waals surface area (Å²) in [6.45, 7) is 2.23. The van der Waals surface area contributed by atoms with Gasteiger partial charge < -0.3 is 10.2 Å². The predicted molar refractivity (Wildman–Crippen MR) is 44.2 cm³/mol. The number of rotatable bonds is 1. The van der Waals surface area contributed by atoms with Crippen LogP contribution >= 0.6 is 0 Å². The van der Waals surface area contributed by atoms with E-state index in [0.29, 0.717) is 0 Å². The van der Waals surface area contributed by atoms with Gasteiger partial charge in [-0.3, -0.25) is 0 Å². The fourth-order valence-corrected chi connectivity index (χ4v) is 2.88. The Morgan fingerprint density at radius 2 is 1.75 bits per heavy atom. The second-order valence-electron chi connectivity index (χ2n) is 2.02. The molecule has 1 aliphatic carbocycles. The van der Waals surface area contributed by atoms with Crippen molar-refractivity contribution in [2.75, 3.05) is 14.2 Å². The molecule has 3 heteroatoms. The van der Waals surface area contributed by atoms with Gasteiger partial charge in [0.25, 0.3) is 0 Å². The van der Waals surface area contributed by atoms with E-state index in [-0.39, 0.29) is 23.2 Å². The Morgan fingerprint density at radius 3 is 1.92 bits per heavy atom.